The van der Waals surface area contributed by atoms with Crippen molar-refractivity contribution in [2.75, 3.05) is 7.05 Å². The first-order chi connectivity index (χ1) is 11.1. The van der Waals surface area contributed by atoms with Crippen LogP contribution in [0.2, 0.25) is 0 Å². The lowest BCUT2D eigenvalue weighted by Crippen LogP contribution is -2.26. The summed E-state index contributed by atoms with van der Waals surface area (Å²) >= 11 is 0. The van der Waals surface area contributed by atoms with Gasteiger partial charge in [-0.05, 0) is 43.2 Å². The van der Waals surface area contributed by atoms with Crippen LogP contribution < -0.4 is 0 Å². The second-order valence-electron chi connectivity index (χ2n) is 5.70. The molecule has 0 aliphatic heterocycles. The second-order valence-corrected chi connectivity index (χ2v) is 5.70. The summed E-state index contributed by atoms with van der Waals surface area (Å²) in [6.45, 7) is 5.42. The molecule has 5 heteroatoms. The monoisotopic (exact) mass is 308 g/mol. The Labute approximate surface area is 135 Å². The fourth-order valence-electron chi connectivity index (χ4n) is 2.67. The van der Waals surface area contributed by atoms with Crippen LogP contribution in [0, 0.1) is 6.92 Å². The quantitative estimate of drug-likeness (QED) is 0.744. The zero-order valence-electron chi connectivity index (χ0n) is 13.7. The standard InChI is InChI=1S/C18H20N4O/c1-4-22-17-10-9-14(11-16(17)19-20-22)18(23)21(3)12-15-8-6-5-7-13(15)2/h5-11H,4,12H2,1-3H3. The van der Waals surface area contributed by atoms with Crippen molar-refractivity contribution in [2.24, 2.45) is 0 Å². The zero-order valence-corrected chi connectivity index (χ0v) is 13.7. The molecule has 3 rings (SSSR count). The van der Waals surface area contributed by atoms with Gasteiger partial charge >= 0.3 is 0 Å². The molecule has 1 heterocycles. The molecule has 0 unspecified atom stereocenters. The van der Waals surface area contributed by atoms with Gasteiger partial charge in [0.2, 0.25) is 0 Å². The maximum Gasteiger partial charge on any atom is 0.253 e. The number of nitrogens with zero attached hydrogens (tertiary/aromatic N) is 4. The van der Waals surface area contributed by atoms with Crippen LogP contribution >= 0.6 is 0 Å². The van der Waals surface area contributed by atoms with Crippen LogP contribution in [-0.4, -0.2) is 32.8 Å². The Hall–Kier alpha value is -2.69. The molecule has 2 aromatic carbocycles. The first kappa shape index (κ1) is 15.2. The van der Waals surface area contributed by atoms with E-state index >= 15 is 0 Å². The first-order valence-corrected chi connectivity index (χ1v) is 7.73. The number of fused-ring (bicyclic) bond motifs is 1. The smallest absolute Gasteiger partial charge is 0.253 e. The molecule has 0 saturated carbocycles. The van der Waals surface area contributed by atoms with E-state index < -0.39 is 0 Å². The van der Waals surface area contributed by atoms with Crippen LogP contribution in [0.4, 0.5) is 0 Å². The highest BCUT2D eigenvalue weighted by Crippen LogP contribution is 2.16. The van der Waals surface area contributed by atoms with Gasteiger partial charge in [0, 0.05) is 25.7 Å². The minimum atomic E-state index is -0.0128. The summed E-state index contributed by atoms with van der Waals surface area (Å²) < 4.78 is 1.82. The maximum atomic E-state index is 12.7. The Bertz CT molecular complexity index is 853. The molecule has 0 bridgehead atoms. The van der Waals surface area contributed by atoms with Crippen molar-refractivity contribution >= 4 is 16.9 Å². The van der Waals surface area contributed by atoms with Crippen molar-refractivity contribution < 1.29 is 4.79 Å². The topological polar surface area (TPSA) is 51.0 Å². The van der Waals surface area contributed by atoms with E-state index in [4.69, 9.17) is 0 Å². The minimum Gasteiger partial charge on any atom is -0.337 e. The number of benzene rings is 2. The fourth-order valence-corrected chi connectivity index (χ4v) is 2.67. The lowest BCUT2D eigenvalue weighted by molar-refractivity contribution is 0.0785. The highest BCUT2D eigenvalue weighted by molar-refractivity contribution is 5.97. The molecule has 1 amide bonds. The molecule has 0 radical (unpaired) electrons. The van der Waals surface area contributed by atoms with E-state index in [2.05, 4.69) is 29.4 Å². The van der Waals surface area contributed by atoms with Crippen LogP contribution in [0.5, 0.6) is 0 Å². The van der Waals surface area contributed by atoms with Gasteiger partial charge in [-0.2, -0.15) is 0 Å². The molecule has 0 spiro atoms. The van der Waals surface area contributed by atoms with Crippen molar-refractivity contribution in [3.8, 4) is 0 Å². The average Bonchev–Trinajstić information content (AvgIpc) is 2.98. The molecule has 0 atom stereocenters. The van der Waals surface area contributed by atoms with Crippen LogP contribution in [0.15, 0.2) is 42.5 Å². The number of amides is 1. The number of hydrogen-bond donors (Lipinski definition) is 0. The number of carbonyl (C=O) groups excluding carboxylic acids is 1. The predicted octanol–water partition coefficient (Wildman–Crippen LogP) is 3.03. The second kappa shape index (κ2) is 6.20. The number of aryl methyl sites for hydroxylation is 2. The summed E-state index contributed by atoms with van der Waals surface area (Å²) in [5, 5.41) is 8.21. The highest BCUT2D eigenvalue weighted by atomic mass is 16.2. The molecular weight excluding hydrogens is 288 g/mol. The first-order valence-electron chi connectivity index (χ1n) is 7.73. The van der Waals surface area contributed by atoms with Gasteiger partial charge in [-0.15, -0.1) is 5.10 Å². The third-order valence-electron chi connectivity index (χ3n) is 4.08. The number of rotatable bonds is 4. The Morgan fingerprint density at radius 2 is 2.00 bits per heavy atom. The third kappa shape index (κ3) is 2.95. The summed E-state index contributed by atoms with van der Waals surface area (Å²) in [6, 6.07) is 13.7. The van der Waals surface area contributed by atoms with E-state index in [0.717, 1.165) is 23.1 Å². The Balaban J connectivity index is 1.83. The predicted molar refractivity (Wildman–Crippen MR) is 90.2 cm³/mol. The maximum absolute atomic E-state index is 12.7. The summed E-state index contributed by atoms with van der Waals surface area (Å²) in [4.78, 5) is 14.4. The van der Waals surface area contributed by atoms with Crippen molar-refractivity contribution in [1.29, 1.82) is 0 Å². The molecular formula is C18H20N4O. The summed E-state index contributed by atoms with van der Waals surface area (Å²) in [5.74, 6) is -0.0128. The van der Waals surface area contributed by atoms with Crippen molar-refractivity contribution in [2.45, 2.75) is 26.9 Å². The Morgan fingerprint density at radius 3 is 2.74 bits per heavy atom. The lowest BCUT2D eigenvalue weighted by Gasteiger charge is -2.18. The van der Waals surface area contributed by atoms with E-state index in [1.54, 1.807) is 4.90 Å². The molecule has 1 aromatic heterocycles. The third-order valence-corrected chi connectivity index (χ3v) is 4.08. The van der Waals surface area contributed by atoms with Crippen LogP contribution in [-0.2, 0) is 13.1 Å². The zero-order chi connectivity index (χ0) is 16.4. The van der Waals surface area contributed by atoms with Crippen LogP contribution in [0.3, 0.4) is 0 Å². The summed E-state index contributed by atoms with van der Waals surface area (Å²) in [7, 11) is 1.82. The molecule has 23 heavy (non-hydrogen) atoms. The van der Waals surface area contributed by atoms with Gasteiger partial charge in [-0.25, -0.2) is 4.68 Å². The molecule has 3 aromatic rings. The van der Waals surface area contributed by atoms with E-state index in [1.165, 1.54) is 5.56 Å². The Kier molecular flexibility index (Phi) is 4.10. The lowest BCUT2D eigenvalue weighted by atomic mass is 10.1. The summed E-state index contributed by atoms with van der Waals surface area (Å²) in [5.41, 5.74) is 4.68. The minimum absolute atomic E-state index is 0.0128. The van der Waals surface area contributed by atoms with Gasteiger partial charge in [-0.3, -0.25) is 4.79 Å². The normalized spacial score (nSPS) is 10.9. The number of aromatic nitrogens is 3. The summed E-state index contributed by atoms with van der Waals surface area (Å²) in [6.07, 6.45) is 0. The molecule has 5 nitrogen and oxygen atoms in total. The van der Waals surface area contributed by atoms with E-state index in [1.807, 2.05) is 49.0 Å². The number of hydrogen-bond acceptors (Lipinski definition) is 3. The van der Waals surface area contributed by atoms with Gasteiger partial charge in [0.25, 0.3) is 5.91 Å². The van der Waals surface area contributed by atoms with Crippen LogP contribution in [0.25, 0.3) is 11.0 Å². The molecule has 0 fully saturated rings. The van der Waals surface area contributed by atoms with Crippen molar-refractivity contribution in [3.05, 3.63) is 59.2 Å². The molecule has 118 valence electrons. The Morgan fingerprint density at radius 1 is 1.22 bits per heavy atom. The molecule has 0 aliphatic carbocycles. The van der Waals surface area contributed by atoms with Gasteiger partial charge in [-0.1, -0.05) is 29.5 Å². The van der Waals surface area contributed by atoms with E-state index in [9.17, 15) is 4.79 Å². The SMILES string of the molecule is CCn1nnc2cc(C(=O)N(C)Cc3ccccc3C)ccc21. The van der Waals surface area contributed by atoms with E-state index in [-0.39, 0.29) is 5.91 Å². The van der Waals surface area contributed by atoms with Crippen molar-refractivity contribution in [1.82, 2.24) is 19.9 Å². The van der Waals surface area contributed by atoms with Crippen molar-refractivity contribution in [3.63, 3.8) is 0 Å². The fraction of sp³-hybridized carbons (Fsp3) is 0.278. The highest BCUT2D eigenvalue weighted by Gasteiger charge is 2.14. The van der Waals surface area contributed by atoms with Crippen LogP contribution in [0.1, 0.15) is 28.4 Å². The molecule has 0 N–H and O–H groups in total. The van der Waals surface area contributed by atoms with Gasteiger partial charge in [0.1, 0.15) is 5.52 Å². The average molecular weight is 308 g/mol. The number of carbonyl (C=O) groups is 1. The van der Waals surface area contributed by atoms with Gasteiger partial charge in [0.15, 0.2) is 0 Å². The van der Waals surface area contributed by atoms with E-state index in [0.29, 0.717) is 12.1 Å². The molecule has 0 saturated heterocycles. The van der Waals surface area contributed by atoms with Gasteiger partial charge in [0.05, 0.1) is 5.52 Å². The molecule has 0 aliphatic rings. The largest absolute Gasteiger partial charge is 0.337 e. The van der Waals surface area contributed by atoms with Gasteiger partial charge < -0.3 is 4.90 Å².